The van der Waals surface area contributed by atoms with Gasteiger partial charge in [0.25, 0.3) is 0 Å². The minimum Gasteiger partial charge on any atom is -0.481 e. The summed E-state index contributed by atoms with van der Waals surface area (Å²) in [5, 5.41) is 12.4. The fourth-order valence-corrected chi connectivity index (χ4v) is 2.77. The maximum absolute atomic E-state index is 12.3. The highest BCUT2D eigenvalue weighted by Gasteiger charge is 2.33. The number of urea groups is 1. The molecule has 0 spiro atoms. The summed E-state index contributed by atoms with van der Waals surface area (Å²) in [6.07, 6.45) is 7.76. The summed E-state index contributed by atoms with van der Waals surface area (Å²) >= 11 is 0. The Bertz CT molecular complexity index is 549. The van der Waals surface area contributed by atoms with Crippen LogP contribution in [0.25, 0.3) is 0 Å². The predicted octanol–water partition coefficient (Wildman–Crippen LogP) is 2.72. The number of ether oxygens (including phenoxy) is 1. The quantitative estimate of drug-likeness (QED) is 0.821. The molecule has 23 heavy (non-hydrogen) atoms. The normalized spacial score (nSPS) is 16.5. The topological polar surface area (TPSA) is 61.8 Å². The van der Waals surface area contributed by atoms with E-state index in [0.717, 1.165) is 24.9 Å². The second-order valence-electron chi connectivity index (χ2n) is 5.95. The third-order valence-corrected chi connectivity index (χ3v) is 4.62. The molecular weight excluding hydrogens is 292 g/mol. The highest BCUT2D eigenvalue weighted by molar-refractivity contribution is 5.89. The smallest absolute Gasteiger partial charge is 0.321 e. The molecule has 1 aromatic rings. The second kappa shape index (κ2) is 7.89. The number of aliphatic hydroxyl groups excluding tert-OH is 1. The molecule has 0 bridgehead atoms. The van der Waals surface area contributed by atoms with Crippen molar-refractivity contribution in [2.75, 3.05) is 31.6 Å². The Morgan fingerprint density at radius 2 is 2.04 bits per heavy atom. The van der Waals surface area contributed by atoms with Crippen LogP contribution < -0.4 is 10.1 Å². The number of amides is 2. The van der Waals surface area contributed by atoms with Crippen LogP contribution in [-0.4, -0.2) is 42.3 Å². The Hall–Kier alpha value is -2.19. The van der Waals surface area contributed by atoms with E-state index in [4.69, 9.17) is 11.2 Å². The molecule has 0 saturated carbocycles. The molecule has 5 heteroatoms. The highest BCUT2D eigenvalue weighted by atomic mass is 16.5. The van der Waals surface area contributed by atoms with Gasteiger partial charge in [0.15, 0.2) is 0 Å². The molecule has 2 N–H and O–H groups in total. The van der Waals surface area contributed by atoms with E-state index in [0.29, 0.717) is 18.8 Å². The van der Waals surface area contributed by atoms with Gasteiger partial charge in [-0.05, 0) is 48.9 Å². The monoisotopic (exact) mass is 316 g/mol. The van der Waals surface area contributed by atoms with Crippen molar-refractivity contribution in [1.82, 2.24) is 4.90 Å². The van der Waals surface area contributed by atoms with Crippen molar-refractivity contribution >= 4 is 11.7 Å². The van der Waals surface area contributed by atoms with Gasteiger partial charge in [0.1, 0.15) is 12.4 Å². The first-order valence-corrected chi connectivity index (χ1v) is 7.95. The van der Waals surface area contributed by atoms with Gasteiger partial charge in [0.2, 0.25) is 0 Å². The molecule has 2 amide bonds. The average molecular weight is 316 g/mol. The summed E-state index contributed by atoms with van der Waals surface area (Å²) in [7, 11) is 0. The number of anilines is 1. The summed E-state index contributed by atoms with van der Waals surface area (Å²) in [4.78, 5) is 14.1. The van der Waals surface area contributed by atoms with Crippen LogP contribution in [0.5, 0.6) is 5.75 Å². The lowest BCUT2D eigenvalue weighted by atomic mass is 9.77. The number of hydrogen-bond acceptors (Lipinski definition) is 3. The number of carbonyl (C=O) groups is 1. The molecule has 1 fully saturated rings. The van der Waals surface area contributed by atoms with E-state index in [-0.39, 0.29) is 24.7 Å². The standard InChI is InChI=1S/C18H24N2O3/c1-3-13-23-16-7-5-15(6-8-16)19-17(22)20-11-9-18(4-2,14-21)10-12-20/h1,5-8,21H,4,9-14H2,2H3,(H,19,22). The van der Waals surface area contributed by atoms with E-state index in [9.17, 15) is 9.90 Å². The minimum atomic E-state index is -0.107. The van der Waals surface area contributed by atoms with E-state index >= 15 is 0 Å². The first-order valence-electron chi connectivity index (χ1n) is 7.95. The van der Waals surface area contributed by atoms with E-state index in [1.54, 1.807) is 29.2 Å². The number of likely N-dealkylation sites (tertiary alicyclic amines) is 1. The molecule has 0 atom stereocenters. The summed E-state index contributed by atoms with van der Waals surface area (Å²) in [5.41, 5.74) is 0.699. The van der Waals surface area contributed by atoms with Gasteiger partial charge in [0, 0.05) is 25.4 Å². The van der Waals surface area contributed by atoms with Crippen LogP contribution in [0.1, 0.15) is 26.2 Å². The zero-order valence-corrected chi connectivity index (χ0v) is 13.5. The van der Waals surface area contributed by atoms with Crippen molar-refractivity contribution in [2.45, 2.75) is 26.2 Å². The molecule has 0 unspecified atom stereocenters. The molecule has 0 aromatic heterocycles. The lowest BCUT2D eigenvalue weighted by Gasteiger charge is -2.40. The zero-order valence-electron chi connectivity index (χ0n) is 13.5. The number of rotatable bonds is 5. The molecule has 5 nitrogen and oxygen atoms in total. The number of piperidine rings is 1. The Labute approximate surface area is 137 Å². The first-order chi connectivity index (χ1) is 11.1. The van der Waals surface area contributed by atoms with Gasteiger partial charge >= 0.3 is 6.03 Å². The number of nitrogens with zero attached hydrogens (tertiary/aromatic N) is 1. The maximum Gasteiger partial charge on any atom is 0.321 e. The Balaban J connectivity index is 1.87. The fourth-order valence-electron chi connectivity index (χ4n) is 2.77. The number of aliphatic hydroxyl groups is 1. The summed E-state index contributed by atoms with van der Waals surface area (Å²) in [6.45, 7) is 3.85. The summed E-state index contributed by atoms with van der Waals surface area (Å²) in [5.74, 6) is 3.08. The molecular formula is C18H24N2O3. The first kappa shape index (κ1) is 17.2. The number of benzene rings is 1. The van der Waals surface area contributed by atoms with Crippen molar-refractivity contribution in [1.29, 1.82) is 0 Å². The van der Waals surface area contributed by atoms with E-state index < -0.39 is 0 Å². The third kappa shape index (κ3) is 4.40. The molecule has 0 radical (unpaired) electrons. The number of carbonyl (C=O) groups excluding carboxylic acids is 1. The molecule has 1 aromatic carbocycles. The summed E-state index contributed by atoms with van der Waals surface area (Å²) < 4.78 is 5.30. The fraction of sp³-hybridized carbons (Fsp3) is 0.500. The summed E-state index contributed by atoms with van der Waals surface area (Å²) in [6, 6.07) is 7.02. The van der Waals surface area contributed by atoms with Crippen molar-refractivity contribution in [2.24, 2.45) is 5.41 Å². The zero-order chi connectivity index (χ0) is 16.7. The maximum atomic E-state index is 12.3. The Kier molecular flexibility index (Phi) is 5.89. The second-order valence-corrected chi connectivity index (χ2v) is 5.95. The van der Waals surface area contributed by atoms with Crippen LogP contribution in [0.4, 0.5) is 10.5 Å². The van der Waals surface area contributed by atoms with Gasteiger partial charge in [-0.15, -0.1) is 6.42 Å². The number of nitrogens with one attached hydrogen (secondary N) is 1. The molecule has 1 aliphatic heterocycles. The molecule has 2 rings (SSSR count). The van der Waals surface area contributed by atoms with Crippen LogP contribution in [-0.2, 0) is 0 Å². The number of terminal acetylenes is 1. The van der Waals surface area contributed by atoms with Crippen molar-refractivity contribution < 1.29 is 14.6 Å². The highest BCUT2D eigenvalue weighted by Crippen LogP contribution is 2.34. The molecule has 1 heterocycles. The van der Waals surface area contributed by atoms with E-state index in [2.05, 4.69) is 18.2 Å². The van der Waals surface area contributed by atoms with Crippen LogP contribution in [0.3, 0.4) is 0 Å². The van der Waals surface area contributed by atoms with Crippen LogP contribution in [0, 0.1) is 17.8 Å². The molecule has 1 saturated heterocycles. The van der Waals surface area contributed by atoms with Gasteiger partial charge in [0.05, 0.1) is 0 Å². The third-order valence-electron chi connectivity index (χ3n) is 4.62. The van der Waals surface area contributed by atoms with Crippen LogP contribution >= 0.6 is 0 Å². The minimum absolute atomic E-state index is 0.0210. The van der Waals surface area contributed by atoms with Crippen molar-refractivity contribution in [3.8, 4) is 18.1 Å². The van der Waals surface area contributed by atoms with Gasteiger partial charge in [-0.2, -0.15) is 0 Å². The molecule has 1 aliphatic rings. The van der Waals surface area contributed by atoms with Gasteiger partial charge in [-0.3, -0.25) is 0 Å². The average Bonchev–Trinajstić information content (AvgIpc) is 2.61. The van der Waals surface area contributed by atoms with Gasteiger partial charge < -0.3 is 20.1 Å². The van der Waals surface area contributed by atoms with E-state index in [1.807, 2.05) is 0 Å². The van der Waals surface area contributed by atoms with Gasteiger partial charge in [-0.1, -0.05) is 12.8 Å². The van der Waals surface area contributed by atoms with Crippen molar-refractivity contribution in [3.63, 3.8) is 0 Å². The van der Waals surface area contributed by atoms with Gasteiger partial charge in [-0.25, -0.2) is 4.79 Å². The lowest BCUT2D eigenvalue weighted by molar-refractivity contribution is 0.0542. The largest absolute Gasteiger partial charge is 0.481 e. The number of hydrogen-bond donors (Lipinski definition) is 2. The Morgan fingerprint density at radius 1 is 1.39 bits per heavy atom. The van der Waals surface area contributed by atoms with Crippen molar-refractivity contribution in [3.05, 3.63) is 24.3 Å². The van der Waals surface area contributed by atoms with E-state index in [1.165, 1.54) is 0 Å². The lowest BCUT2D eigenvalue weighted by Crippen LogP contribution is -2.46. The Morgan fingerprint density at radius 3 is 2.57 bits per heavy atom. The predicted molar refractivity (Wildman–Crippen MR) is 90.4 cm³/mol. The van der Waals surface area contributed by atoms with Crippen LogP contribution in [0.2, 0.25) is 0 Å². The molecule has 124 valence electrons. The SMILES string of the molecule is C#CCOc1ccc(NC(=O)N2CCC(CC)(CO)CC2)cc1. The van der Waals surface area contributed by atoms with Crippen LogP contribution in [0.15, 0.2) is 24.3 Å². The molecule has 0 aliphatic carbocycles.